The topological polar surface area (TPSA) is 114 Å². The van der Waals surface area contributed by atoms with Crippen LogP contribution in [0, 0.1) is 0 Å². The van der Waals surface area contributed by atoms with Crippen LogP contribution in [0.15, 0.2) is 60.8 Å². The van der Waals surface area contributed by atoms with Gasteiger partial charge >= 0.3 is 5.97 Å². The van der Waals surface area contributed by atoms with Crippen LogP contribution in [0.4, 0.5) is 0 Å². The molecule has 0 aliphatic heterocycles. The molecular formula is C62H115N2O7P. The van der Waals surface area contributed by atoms with Gasteiger partial charge < -0.3 is 28.5 Å². The van der Waals surface area contributed by atoms with Gasteiger partial charge in [0.05, 0.1) is 33.8 Å². The minimum atomic E-state index is -4.70. The third-order valence-corrected chi connectivity index (χ3v) is 14.1. The van der Waals surface area contributed by atoms with Crippen LogP contribution < -0.4 is 10.2 Å². The first-order chi connectivity index (χ1) is 34.9. The quantitative estimate of drug-likeness (QED) is 0.0212. The molecule has 0 aromatic rings. The highest BCUT2D eigenvalue weighted by atomic mass is 31.2. The standard InChI is InChI=1S/C62H115N2O7P/c1-7-10-13-16-19-22-25-28-30-31-32-33-34-37-40-43-46-49-52-55-62(66)71-60(53-50-47-44-41-38-35-27-24-21-18-15-12-9-3)59(58-70-72(67,68)69-57-56-64(4,5)6)63-61(65)54-51-48-45-42-39-36-29-26-23-20-17-14-11-8-2/h11,14,19-20,22-23,28,30,50,53,59-60H,7-10,12-13,15-18,21,24-27,29,31-49,51-52,54-58H2,1-6H3,(H-,63,65,67,68)/b14-11+,22-19-,23-20+,30-28-,53-50+. The van der Waals surface area contributed by atoms with E-state index in [9.17, 15) is 19.0 Å². The molecule has 0 bridgehead atoms. The molecule has 0 heterocycles. The van der Waals surface area contributed by atoms with Gasteiger partial charge in [-0.05, 0) is 89.5 Å². The molecule has 10 heteroatoms. The number of nitrogens with one attached hydrogen (secondary N) is 1. The number of phosphoric ester groups is 1. The lowest BCUT2D eigenvalue weighted by Crippen LogP contribution is -2.47. The number of hydrogen-bond donors (Lipinski definition) is 1. The Bertz CT molecular complexity index is 1420. The van der Waals surface area contributed by atoms with Crippen LogP contribution in [0.3, 0.4) is 0 Å². The van der Waals surface area contributed by atoms with Crippen molar-refractivity contribution in [3.05, 3.63) is 60.8 Å². The summed E-state index contributed by atoms with van der Waals surface area (Å²) in [6, 6.07) is -0.894. The summed E-state index contributed by atoms with van der Waals surface area (Å²) in [5.74, 6) is -0.552. The number of carbonyl (C=O) groups is 2. The first-order valence-electron chi connectivity index (χ1n) is 30.1. The summed E-state index contributed by atoms with van der Waals surface area (Å²) in [6.45, 7) is 6.71. The van der Waals surface area contributed by atoms with E-state index in [2.05, 4.69) is 74.7 Å². The van der Waals surface area contributed by atoms with Crippen LogP contribution in [0.5, 0.6) is 0 Å². The molecule has 0 aromatic heterocycles. The normalized spacial score (nSPS) is 14.2. The van der Waals surface area contributed by atoms with Crippen LogP contribution >= 0.6 is 7.82 Å². The number of ether oxygens (including phenoxy) is 1. The summed E-state index contributed by atoms with van der Waals surface area (Å²) in [5, 5.41) is 3.02. The molecule has 0 spiro atoms. The lowest BCUT2D eigenvalue weighted by molar-refractivity contribution is -0.870. The average Bonchev–Trinajstić information content (AvgIpc) is 3.34. The molecule has 1 N–H and O–H groups in total. The van der Waals surface area contributed by atoms with Gasteiger partial charge in [0.2, 0.25) is 5.91 Å². The van der Waals surface area contributed by atoms with E-state index in [-0.39, 0.29) is 24.9 Å². The van der Waals surface area contributed by atoms with Crippen molar-refractivity contribution in [2.24, 2.45) is 0 Å². The first-order valence-corrected chi connectivity index (χ1v) is 31.6. The molecule has 0 saturated carbocycles. The van der Waals surface area contributed by atoms with Crippen molar-refractivity contribution in [2.45, 2.75) is 283 Å². The molecule has 0 saturated heterocycles. The second-order valence-corrected chi connectivity index (χ2v) is 22.9. The number of allylic oxidation sites excluding steroid dienone is 9. The molecule has 72 heavy (non-hydrogen) atoms. The zero-order valence-corrected chi connectivity index (χ0v) is 48.8. The van der Waals surface area contributed by atoms with Gasteiger partial charge in [-0.1, -0.05) is 230 Å². The fraction of sp³-hybridized carbons (Fsp3) is 0.806. The molecule has 420 valence electrons. The zero-order chi connectivity index (χ0) is 52.9. The first kappa shape index (κ1) is 69.7. The van der Waals surface area contributed by atoms with Crippen LogP contribution in [-0.2, 0) is 27.9 Å². The Morgan fingerprint density at radius 1 is 0.500 bits per heavy atom. The maximum absolute atomic E-state index is 13.5. The molecule has 0 aliphatic rings. The van der Waals surface area contributed by atoms with Crippen molar-refractivity contribution in [1.29, 1.82) is 0 Å². The van der Waals surface area contributed by atoms with Crippen molar-refractivity contribution in [2.75, 3.05) is 40.9 Å². The second-order valence-electron chi connectivity index (χ2n) is 21.5. The van der Waals surface area contributed by atoms with Crippen LogP contribution in [0.2, 0.25) is 0 Å². The fourth-order valence-electron chi connectivity index (χ4n) is 8.53. The number of amides is 1. The number of likely N-dealkylation sites (N-methyl/N-ethyl adjacent to an activating group) is 1. The van der Waals surface area contributed by atoms with Gasteiger partial charge in [-0.25, -0.2) is 0 Å². The third-order valence-electron chi connectivity index (χ3n) is 13.2. The highest BCUT2D eigenvalue weighted by molar-refractivity contribution is 7.45. The minimum Gasteiger partial charge on any atom is -0.756 e. The summed E-state index contributed by atoms with van der Waals surface area (Å²) >= 11 is 0. The van der Waals surface area contributed by atoms with E-state index in [1.807, 2.05) is 33.3 Å². The highest BCUT2D eigenvalue weighted by Crippen LogP contribution is 2.38. The molecule has 0 aliphatic carbocycles. The molecule has 9 nitrogen and oxygen atoms in total. The molecule has 0 aromatic carbocycles. The molecule has 0 rings (SSSR count). The van der Waals surface area contributed by atoms with E-state index in [1.54, 1.807) is 0 Å². The summed E-state index contributed by atoms with van der Waals surface area (Å²) < 4.78 is 30.3. The van der Waals surface area contributed by atoms with E-state index in [1.165, 1.54) is 135 Å². The number of nitrogens with zero attached hydrogens (tertiary/aromatic N) is 1. The molecule has 3 atom stereocenters. The Kier molecular flexibility index (Phi) is 50.5. The predicted octanol–water partition coefficient (Wildman–Crippen LogP) is 17.6. The predicted molar refractivity (Wildman–Crippen MR) is 307 cm³/mol. The number of rotatable bonds is 54. The minimum absolute atomic E-state index is 0.0257. The summed E-state index contributed by atoms with van der Waals surface area (Å²) in [7, 11) is 1.18. The van der Waals surface area contributed by atoms with Crippen molar-refractivity contribution < 1.29 is 37.3 Å². The van der Waals surface area contributed by atoms with Crippen molar-refractivity contribution in [3.8, 4) is 0 Å². The summed E-state index contributed by atoms with van der Waals surface area (Å²) in [6.07, 6.45) is 64.6. The van der Waals surface area contributed by atoms with E-state index in [0.29, 0.717) is 17.4 Å². The Labute approximate surface area is 445 Å². The third kappa shape index (κ3) is 52.6. The largest absolute Gasteiger partial charge is 0.756 e. The van der Waals surface area contributed by atoms with E-state index < -0.39 is 26.6 Å². The molecule has 1 amide bonds. The summed E-state index contributed by atoms with van der Waals surface area (Å²) in [5.41, 5.74) is 0. The molecular weight excluding hydrogens is 916 g/mol. The number of esters is 1. The Balaban J connectivity index is 5.31. The Morgan fingerprint density at radius 3 is 1.35 bits per heavy atom. The van der Waals surface area contributed by atoms with Crippen LogP contribution in [0.25, 0.3) is 0 Å². The number of quaternary nitrogens is 1. The van der Waals surface area contributed by atoms with Gasteiger partial charge in [0.25, 0.3) is 7.82 Å². The SMILES string of the molecule is CC/C=C/C/C=C/CCCCCCCCCC(=O)NC(COP(=O)([O-])OCC[N+](C)(C)C)C(/C=C/CCCCCCCCCCCCC)OC(=O)CCCCCCCCCCC/C=C\C/C=C\CCCCC. The molecule has 0 fully saturated rings. The maximum atomic E-state index is 13.5. The highest BCUT2D eigenvalue weighted by Gasteiger charge is 2.27. The number of carbonyl (C=O) groups excluding carboxylic acids is 2. The Hall–Kier alpha value is -2.29. The van der Waals surface area contributed by atoms with Crippen molar-refractivity contribution >= 4 is 19.7 Å². The lowest BCUT2D eigenvalue weighted by atomic mass is 10.0. The average molecular weight is 1030 g/mol. The van der Waals surface area contributed by atoms with Crippen LogP contribution in [0.1, 0.15) is 271 Å². The number of unbranched alkanes of at least 4 members (excludes halogenated alkanes) is 30. The number of hydrogen-bond acceptors (Lipinski definition) is 7. The van der Waals surface area contributed by atoms with Gasteiger partial charge in [-0.3, -0.25) is 14.2 Å². The van der Waals surface area contributed by atoms with E-state index >= 15 is 0 Å². The van der Waals surface area contributed by atoms with Gasteiger partial charge in [0.1, 0.15) is 19.3 Å². The van der Waals surface area contributed by atoms with E-state index in [0.717, 1.165) is 103 Å². The fourth-order valence-corrected chi connectivity index (χ4v) is 9.25. The van der Waals surface area contributed by atoms with E-state index in [4.69, 9.17) is 13.8 Å². The lowest BCUT2D eigenvalue weighted by Gasteiger charge is -2.30. The van der Waals surface area contributed by atoms with Crippen molar-refractivity contribution in [3.63, 3.8) is 0 Å². The monoisotopic (exact) mass is 1030 g/mol. The zero-order valence-electron chi connectivity index (χ0n) is 47.9. The number of phosphoric acid groups is 1. The summed E-state index contributed by atoms with van der Waals surface area (Å²) in [4.78, 5) is 39.9. The molecule has 3 unspecified atom stereocenters. The second kappa shape index (κ2) is 52.2. The van der Waals surface area contributed by atoms with Gasteiger partial charge in [0, 0.05) is 12.8 Å². The van der Waals surface area contributed by atoms with Gasteiger partial charge in [-0.15, -0.1) is 0 Å². The van der Waals surface area contributed by atoms with Gasteiger partial charge in [0.15, 0.2) is 0 Å². The smallest absolute Gasteiger partial charge is 0.306 e. The molecule has 0 radical (unpaired) electrons. The van der Waals surface area contributed by atoms with Crippen LogP contribution in [-0.4, -0.2) is 69.4 Å². The van der Waals surface area contributed by atoms with Crippen molar-refractivity contribution in [1.82, 2.24) is 5.32 Å². The maximum Gasteiger partial charge on any atom is 0.306 e. The Morgan fingerprint density at radius 2 is 0.889 bits per heavy atom. The van der Waals surface area contributed by atoms with Gasteiger partial charge in [-0.2, -0.15) is 0 Å².